The summed E-state index contributed by atoms with van der Waals surface area (Å²) in [6.45, 7) is 4.15. The first-order valence-corrected chi connectivity index (χ1v) is 9.91. The summed E-state index contributed by atoms with van der Waals surface area (Å²) in [5, 5.41) is 2.98. The van der Waals surface area contributed by atoms with Crippen molar-refractivity contribution in [2.45, 2.75) is 6.54 Å². The van der Waals surface area contributed by atoms with Gasteiger partial charge in [-0.1, -0.05) is 48.5 Å². The highest BCUT2D eigenvalue weighted by atomic mass is 16.5. The molecule has 3 aromatic rings. The molecule has 148 valence electrons. The molecule has 4 rings (SSSR count). The lowest BCUT2D eigenvalue weighted by Gasteiger charge is -2.34. The summed E-state index contributed by atoms with van der Waals surface area (Å²) in [5.41, 5.74) is 2.07. The van der Waals surface area contributed by atoms with Gasteiger partial charge < -0.3 is 15.0 Å². The maximum absolute atomic E-state index is 12.6. The second-order valence-corrected chi connectivity index (χ2v) is 7.12. The number of hydrogen-bond donors (Lipinski definition) is 1. The Morgan fingerprint density at radius 2 is 1.34 bits per heavy atom. The van der Waals surface area contributed by atoms with Gasteiger partial charge in [0.1, 0.15) is 11.5 Å². The van der Waals surface area contributed by atoms with Gasteiger partial charge in [0.25, 0.3) is 0 Å². The maximum atomic E-state index is 12.6. The number of ether oxygens (including phenoxy) is 1. The Labute approximate surface area is 171 Å². The van der Waals surface area contributed by atoms with Gasteiger partial charge in [-0.05, 0) is 42.0 Å². The molecule has 1 saturated heterocycles. The summed E-state index contributed by atoms with van der Waals surface area (Å²) in [6, 6.07) is 27.5. The van der Waals surface area contributed by atoms with Crippen molar-refractivity contribution in [2.24, 2.45) is 0 Å². The number of para-hydroxylation sites is 1. The first kappa shape index (κ1) is 19.0. The van der Waals surface area contributed by atoms with Gasteiger partial charge >= 0.3 is 6.03 Å². The molecule has 2 amide bonds. The van der Waals surface area contributed by atoms with Crippen LogP contribution in [-0.4, -0.2) is 42.0 Å². The Balaban J connectivity index is 1.25. The second-order valence-electron chi connectivity index (χ2n) is 7.12. The minimum atomic E-state index is -0.0545. The Morgan fingerprint density at radius 3 is 2.00 bits per heavy atom. The van der Waals surface area contributed by atoms with Crippen molar-refractivity contribution in [1.29, 1.82) is 0 Å². The number of carbonyl (C=O) groups excluding carboxylic acids is 1. The van der Waals surface area contributed by atoms with E-state index in [2.05, 4.69) is 34.5 Å². The maximum Gasteiger partial charge on any atom is 0.321 e. The molecule has 0 aliphatic carbocycles. The standard InChI is InChI=1S/C24H25N3O2/c28-24(27-17-15-26(16-18-27)19-20-7-3-1-4-8-20)25-21-11-13-23(14-12-21)29-22-9-5-2-6-10-22/h1-14H,15-19H2,(H,25,28). The normalized spacial score (nSPS) is 14.4. The summed E-state index contributed by atoms with van der Waals surface area (Å²) in [7, 11) is 0. The first-order chi connectivity index (χ1) is 14.3. The lowest BCUT2D eigenvalue weighted by Crippen LogP contribution is -2.49. The first-order valence-electron chi connectivity index (χ1n) is 9.91. The van der Waals surface area contributed by atoms with Crippen molar-refractivity contribution in [3.8, 4) is 11.5 Å². The average Bonchev–Trinajstić information content (AvgIpc) is 2.77. The Kier molecular flexibility index (Phi) is 6.07. The smallest absolute Gasteiger partial charge is 0.321 e. The van der Waals surface area contributed by atoms with Crippen molar-refractivity contribution in [1.82, 2.24) is 9.80 Å². The van der Waals surface area contributed by atoms with Gasteiger partial charge in [-0.25, -0.2) is 4.79 Å². The highest BCUT2D eigenvalue weighted by Crippen LogP contribution is 2.22. The lowest BCUT2D eigenvalue weighted by atomic mass is 10.2. The van der Waals surface area contributed by atoms with Crippen LogP contribution in [0.2, 0.25) is 0 Å². The van der Waals surface area contributed by atoms with Gasteiger partial charge in [0.15, 0.2) is 0 Å². The van der Waals surface area contributed by atoms with Crippen LogP contribution in [0.3, 0.4) is 0 Å². The van der Waals surface area contributed by atoms with Crippen molar-refractivity contribution >= 4 is 11.7 Å². The number of carbonyl (C=O) groups is 1. The number of piperazine rings is 1. The van der Waals surface area contributed by atoms with Gasteiger partial charge in [-0.15, -0.1) is 0 Å². The Hall–Kier alpha value is -3.31. The van der Waals surface area contributed by atoms with Gasteiger partial charge in [0.05, 0.1) is 0 Å². The fraction of sp³-hybridized carbons (Fsp3) is 0.208. The Morgan fingerprint density at radius 1 is 0.759 bits per heavy atom. The van der Waals surface area contributed by atoms with Crippen molar-refractivity contribution in [2.75, 3.05) is 31.5 Å². The van der Waals surface area contributed by atoms with E-state index in [1.807, 2.05) is 65.6 Å². The van der Waals surface area contributed by atoms with E-state index in [9.17, 15) is 4.79 Å². The predicted molar refractivity (Wildman–Crippen MR) is 115 cm³/mol. The van der Waals surface area contributed by atoms with Crippen LogP contribution in [0.1, 0.15) is 5.56 Å². The molecule has 5 nitrogen and oxygen atoms in total. The zero-order valence-corrected chi connectivity index (χ0v) is 16.3. The molecule has 3 aromatic carbocycles. The average molecular weight is 387 g/mol. The topological polar surface area (TPSA) is 44.8 Å². The third-order valence-corrected chi connectivity index (χ3v) is 4.99. The molecule has 0 saturated carbocycles. The van der Waals surface area contributed by atoms with Crippen LogP contribution < -0.4 is 10.1 Å². The van der Waals surface area contributed by atoms with Crippen LogP contribution in [0.15, 0.2) is 84.9 Å². The molecule has 1 heterocycles. The van der Waals surface area contributed by atoms with Crippen molar-refractivity contribution in [3.63, 3.8) is 0 Å². The summed E-state index contributed by atoms with van der Waals surface area (Å²) in [6.07, 6.45) is 0. The number of rotatable bonds is 5. The number of nitrogens with zero attached hydrogens (tertiary/aromatic N) is 2. The number of nitrogens with one attached hydrogen (secondary N) is 1. The molecule has 0 spiro atoms. The Bertz CT molecular complexity index is 906. The van der Waals surface area contributed by atoms with Crippen LogP contribution in [-0.2, 0) is 6.54 Å². The largest absolute Gasteiger partial charge is 0.457 e. The number of urea groups is 1. The number of benzene rings is 3. The zero-order valence-electron chi connectivity index (χ0n) is 16.3. The monoisotopic (exact) mass is 387 g/mol. The number of anilines is 1. The SMILES string of the molecule is O=C(Nc1ccc(Oc2ccccc2)cc1)N1CCN(Cc2ccccc2)CC1. The fourth-order valence-electron chi connectivity index (χ4n) is 3.38. The molecule has 29 heavy (non-hydrogen) atoms. The van der Waals surface area contributed by atoms with Crippen LogP contribution in [0.4, 0.5) is 10.5 Å². The van der Waals surface area contributed by atoms with E-state index in [4.69, 9.17) is 4.74 Å². The van der Waals surface area contributed by atoms with Crippen molar-refractivity contribution in [3.05, 3.63) is 90.5 Å². The van der Waals surface area contributed by atoms with E-state index >= 15 is 0 Å². The minimum absolute atomic E-state index is 0.0545. The van der Waals surface area contributed by atoms with Crippen LogP contribution in [0, 0.1) is 0 Å². The molecule has 0 radical (unpaired) electrons. The van der Waals surface area contributed by atoms with E-state index in [0.29, 0.717) is 0 Å². The molecule has 1 fully saturated rings. The quantitative estimate of drug-likeness (QED) is 0.682. The molecule has 0 unspecified atom stereocenters. The van der Waals surface area contributed by atoms with E-state index in [1.165, 1.54) is 5.56 Å². The number of hydrogen-bond acceptors (Lipinski definition) is 3. The molecule has 0 aromatic heterocycles. The molecule has 5 heteroatoms. The highest BCUT2D eigenvalue weighted by Gasteiger charge is 2.21. The molecular weight excluding hydrogens is 362 g/mol. The van der Waals surface area contributed by atoms with Gasteiger partial charge in [0, 0.05) is 38.4 Å². The molecule has 0 bridgehead atoms. The van der Waals surface area contributed by atoms with Crippen LogP contribution in [0.25, 0.3) is 0 Å². The lowest BCUT2D eigenvalue weighted by molar-refractivity contribution is 0.143. The van der Waals surface area contributed by atoms with E-state index in [-0.39, 0.29) is 6.03 Å². The molecule has 0 atom stereocenters. The number of amides is 2. The summed E-state index contributed by atoms with van der Waals surface area (Å²) in [4.78, 5) is 16.8. The molecule has 1 aliphatic heterocycles. The summed E-state index contributed by atoms with van der Waals surface area (Å²) < 4.78 is 5.79. The molecular formula is C24H25N3O2. The summed E-state index contributed by atoms with van der Waals surface area (Å²) >= 11 is 0. The highest BCUT2D eigenvalue weighted by molar-refractivity contribution is 5.89. The van der Waals surface area contributed by atoms with Gasteiger partial charge in [-0.3, -0.25) is 4.90 Å². The summed E-state index contributed by atoms with van der Waals surface area (Å²) in [5.74, 6) is 1.53. The van der Waals surface area contributed by atoms with Crippen LogP contribution >= 0.6 is 0 Å². The van der Waals surface area contributed by atoms with E-state index < -0.39 is 0 Å². The third kappa shape index (κ3) is 5.36. The van der Waals surface area contributed by atoms with Crippen LogP contribution in [0.5, 0.6) is 11.5 Å². The van der Waals surface area contributed by atoms with Gasteiger partial charge in [0.2, 0.25) is 0 Å². The molecule has 1 N–H and O–H groups in total. The third-order valence-electron chi connectivity index (χ3n) is 4.99. The van der Waals surface area contributed by atoms with Crippen molar-refractivity contribution < 1.29 is 9.53 Å². The zero-order chi connectivity index (χ0) is 19.9. The van der Waals surface area contributed by atoms with E-state index in [0.717, 1.165) is 49.9 Å². The fourth-order valence-corrected chi connectivity index (χ4v) is 3.38. The second kappa shape index (κ2) is 9.26. The minimum Gasteiger partial charge on any atom is -0.457 e. The van der Waals surface area contributed by atoms with Gasteiger partial charge in [-0.2, -0.15) is 0 Å². The predicted octanol–water partition coefficient (Wildman–Crippen LogP) is 4.83. The molecule has 1 aliphatic rings. The van der Waals surface area contributed by atoms with E-state index in [1.54, 1.807) is 0 Å².